The van der Waals surface area contributed by atoms with Gasteiger partial charge in [0.1, 0.15) is 6.61 Å². The van der Waals surface area contributed by atoms with E-state index in [1.54, 1.807) is 0 Å². The first-order valence-corrected chi connectivity index (χ1v) is 9.11. The third kappa shape index (κ3) is 9.78. The Labute approximate surface area is 154 Å². The number of rotatable bonds is 13. The van der Waals surface area contributed by atoms with Crippen LogP contribution in [0.1, 0.15) is 45.4 Å². The van der Waals surface area contributed by atoms with Crippen molar-refractivity contribution in [3.8, 4) is 0 Å². The quantitative estimate of drug-likeness (QED) is 0.212. The Morgan fingerprint density at radius 2 is 1.23 bits per heavy atom. The zero-order valence-corrected chi connectivity index (χ0v) is 15.4. The van der Waals surface area contributed by atoms with Crippen LogP contribution in [0.15, 0.2) is 60.8 Å². The van der Waals surface area contributed by atoms with E-state index in [2.05, 4.69) is 54.2 Å². The molecule has 146 valence electrons. The summed E-state index contributed by atoms with van der Waals surface area (Å²) in [5, 5.41) is 0. The van der Waals surface area contributed by atoms with Crippen LogP contribution in [0, 0.1) is 0 Å². The van der Waals surface area contributed by atoms with E-state index in [9.17, 15) is 13.2 Å². The van der Waals surface area contributed by atoms with Crippen LogP contribution in [-0.4, -0.2) is 25.2 Å². The van der Waals surface area contributed by atoms with Crippen LogP contribution in [0.5, 0.6) is 0 Å². The second-order valence-electron chi connectivity index (χ2n) is 5.88. The van der Waals surface area contributed by atoms with Gasteiger partial charge in [0.2, 0.25) is 0 Å². The molecule has 1 aliphatic heterocycles. The molecule has 0 aromatic heterocycles. The summed E-state index contributed by atoms with van der Waals surface area (Å²) in [6.45, 7) is 1.73. The Morgan fingerprint density at radius 3 is 1.62 bits per heavy atom. The minimum Gasteiger partial charge on any atom is -0.340 e. The van der Waals surface area contributed by atoms with Gasteiger partial charge in [-0.2, -0.15) is 13.2 Å². The standard InChI is InChI=1S/C21H29F3O2/c1-2-3-4-5-6-7-8-9-10-11-12-13-14-15-16-17-18-25-20(19-26-20)21(22,23)24/h3-4,6-7,9-10,12-13,15-16H,2,5,8,11,14,17-19H2,1H3/b4-3-,7-6-,10-9-,13-12-,16-15-. The Hall–Kier alpha value is -1.59. The summed E-state index contributed by atoms with van der Waals surface area (Å²) in [6, 6.07) is 0. The van der Waals surface area contributed by atoms with Gasteiger partial charge in [0, 0.05) is 0 Å². The average Bonchev–Trinajstić information content (AvgIpc) is 3.39. The van der Waals surface area contributed by atoms with Gasteiger partial charge in [-0.15, -0.1) is 0 Å². The Morgan fingerprint density at radius 1 is 0.808 bits per heavy atom. The van der Waals surface area contributed by atoms with Gasteiger partial charge in [0.25, 0.3) is 5.79 Å². The van der Waals surface area contributed by atoms with Gasteiger partial charge in [-0.25, -0.2) is 0 Å². The number of hydrogen-bond acceptors (Lipinski definition) is 2. The molecule has 1 unspecified atom stereocenters. The lowest BCUT2D eigenvalue weighted by atomic mass is 10.2. The SMILES string of the molecule is CC/C=C\C/C=C\C/C=C\C/C=C\C/C=C\CCOC1(C(F)(F)F)CO1. The maximum absolute atomic E-state index is 12.5. The molecule has 26 heavy (non-hydrogen) atoms. The predicted octanol–water partition coefficient (Wildman–Crippen LogP) is 6.43. The molecule has 0 amide bonds. The topological polar surface area (TPSA) is 21.8 Å². The smallest absolute Gasteiger partial charge is 0.340 e. The normalized spacial score (nSPS) is 21.4. The minimum absolute atomic E-state index is 0.00418. The molecule has 0 aromatic rings. The van der Waals surface area contributed by atoms with Crippen molar-refractivity contribution in [1.29, 1.82) is 0 Å². The van der Waals surface area contributed by atoms with Crippen LogP contribution in [0.3, 0.4) is 0 Å². The third-order valence-corrected chi connectivity index (χ3v) is 3.62. The molecule has 0 aromatic carbocycles. The van der Waals surface area contributed by atoms with E-state index >= 15 is 0 Å². The lowest BCUT2D eigenvalue weighted by molar-refractivity contribution is -0.270. The predicted molar refractivity (Wildman–Crippen MR) is 99.8 cm³/mol. The van der Waals surface area contributed by atoms with Crippen LogP contribution in [-0.2, 0) is 9.47 Å². The van der Waals surface area contributed by atoms with E-state index in [-0.39, 0.29) is 6.61 Å². The van der Waals surface area contributed by atoms with E-state index < -0.39 is 18.6 Å². The van der Waals surface area contributed by atoms with Crippen molar-refractivity contribution >= 4 is 0 Å². The molecule has 0 saturated carbocycles. The summed E-state index contributed by atoms with van der Waals surface area (Å²) in [6.07, 6.45) is 21.4. The second kappa shape index (κ2) is 12.7. The van der Waals surface area contributed by atoms with E-state index in [0.717, 1.165) is 32.1 Å². The molecule has 0 radical (unpaired) electrons. The highest BCUT2D eigenvalue weighted by Gasteiger charge is 2.67. The Bertz CT molecular complexity index is 510. The number of ether oxygens (including phenoxy) is 2. The molecule has 0 bridgehead atoms. The minimum atomic E-state index is -4.45. The van der Waals surface area contributed by atoms with Gasteiger partial charge in [-0.1, -0.05) is 67.7 Å². The molecule has 0 spiro atoms. The zero-order valence-electron chi connectivity index (χ0n) is 15.4. The van der Waals surface area contributed by atoms with Crippen LogP contribution in [0.25, 0.3) is 0 Å². The summed E-state index contributed by atoms with van der Waals surface area (Å²) in [7, 11) is 0. The number of halogens is 3. The highest BCUT2D eigenvalue weighted by atomic mass is 19.4. The third-order valence-electron chi connectivity index (χ3n) is 3.62. The Balaban J connectivity index is 1.98. The van der Waals surface area contributed by atoms with Crippen LogP contribution in [0.4, 0.5) is 13.2 Å². The maximum atomic E-state index is 12.5. The highest BCUT2D eigenvalue weighted by Crippen LogP contribution is 2.44. The molecule has 1 aliphatic rings. The molecule has 0 N–H and O–H groups in total. The zero-order chi connectivity index (χ0) is 19.1. The number of allylic oxidation sites excluding steroid dienone is 9. The van der Waals surface area contributed by atoms with Crippen molar-refractivity contribution in [2.75, 3.05) is 13.2 Å². The van der Waals surface area contributed by atoms with Gasteiger partial charge in [0.05, 0.1) is 6.61 Å². The summed E-state index contributed by atoms with van der Waals surface area (Å²) in [4.78, 5) is 0. The summed E-state index contributed by atoms with van der Waals surface area (Å²) < 4.78 is 46.7. The molecule has 1 saturated heterocycles. The van der Waals surface area contributed by atoms with Crippen LogP contribution in [0.2, 0.25) is 0 Å². The fourth-order valence-corrected chi connectivity index (χ4v) is 2.05. The molecule has 1 heterocycles. The molecule has 0 aliphatic carbocycles. The molecular formula is C21H29F3O2. The number of hydrogen-bond donors (Lipinski definition) is 0. The van der Waals surface area contributed by atoms with Crippen molar-refractivity contribution in [2.45, 2.75) is 57.4 Å². The van der Waals surface area contributed by atoms with Crippen molar-refractivity contribution in [3.05, 3.63) is 60.8 Å². The molecule has 2 nitrogen and oxygen atoms in total. The largest absolute Gasteiger partial charge is 0.445 e. The average molecular weight is 370 g/mol. The molecular weight excluding hydrogens is 341 g/mol. The first-order chi connectivity index (χ1) is 12.5. The van der Waals surface area contributed by atoms with Gasteiger partial charge >= 0.3 is 6.18 Å². The van der Waals surface area contributed by atoms with Crippen LogP contribution >= 0.6 is 0 Å². The number of alkyl halides is 3. The maximum Gasteiger partial charge on any atom is 0.445 e. The molecule has 1 fully saturated rings. The van der Waals surface area contributed by atoms with Gasteiger partial charge in [-0.3, -0.25) is 0 Å². The lowest BCUT2D eigenvalue weighted by Crippen LogP contribution is -2.35. The first-order valence-electron chi connectivity index (χ1n) is 9.11. The van der Waals surface area contributed by atoms with Gasteiger partial charge < -0.3 is 9.47 Å². The molecule has 5 heteroatoms. The van der Waals surface area contributed by atoms with E-state index in [0.29, 0.717) is 6.42 Å². The second-order valence-corrected chi connectivity index (χ2v) is 5.88. The van der Waals surface area contributed by atoms with Crippen molar-refractivity contribution in [3.63, 3.8) is 0 Å². The van der Waals surface area contributed by atoms with Crippen LogP contribution < -0.4 is 0 Å². The molecule has 1 atom stereocenters. The summed E-state index contributed by atoms with van der Waals surface area (Å²) in [5.41, 5.74) is 0. The molecule has 1 rings (SSSR count). The monoisotopic (exact) mass is 370 g/mol. The fourth-order valence-electron chi connectivity index (χ4n) is 2.05. The Kier molecular flexibility index (Phi) is 11.0. The lowest BCUT2D eigenvalue weighted by Gasteiger charge is -2.15. The summed E-state index contributed by atoms with van der Waals surface area (Å²) >= 11 is 0. The van der Waals surface area contributed by atoms with Gasteiger partial charge in [-0.05, 0) is 38.5 Å². The van der Waals surface area contributed by atoms with Gasteiger partial charge in [0.15, 0.2) is 0 Å². The van der Waals surface area contributed by atoms with Crippen molar-refractivity contribution < 1.29 is 22.6 Å². The van der Waals surface area contributed by atoms with E-state index in [1.807, 2.05) is 18.2 Å². The fraction of sp³-hybridized carbons (Fsp3) is 0.524. The number of epoxide rings is 1. The highest BCUT2D eigenvalue weighted by molar-refractivity contribution is 5.00. The van der Waals surface area contributed by atoms with Crippen molar-refractivity contribution in [2.24, 2.45) is 0 Å². The van der Waals surface area contributed by atoms with E-state index in [4.69, 9.17) is 4.74 Å². The summed E-state index contributed by atoms with van der Waals surface area (Å²) in [5.74, 6) is -2.34. The van der Waals surface area contributed by atoms with Crippen molar-refractivity contribution in [1.82, 2.24) is 0 Å². The first kappa shape index (κ1) is 22.5. The van der Waals surface area contributed by atoms with E-state index in [1.165, 1.54) is 0 Å².